The number of piperazine rings is 1. The topological polar surface area (TPSA) is 48.4 Å². The minimum atomic E-state index is -4.91. The molecule has 1 saturated heterocycles. The number of methoxy groups -OCH3 is 1. The van der Waals surface area contributed by atoms with E-state index < -0.39 is 29.6 Å². The molecule has 1 atom stereocenters. The summed E-state index contributed by atoms with van der Waals surface area (Å²) in [4.78, 5) is 22.8. The van der Waals surface area contributed by atoms with Crippen LogP contribution in [0.5, 0.6) is 0 Å². The van der Waals surface area contributed by atoms with Crippen LogP contribution in [0.4, 0.5) is 39.0 Å². The molecular formula is C28H25F5N4O2. The summed E-state index contributed by atoms with van der Waals surface area (Å²) in [5.41, 5.74) is 0.704. The molecular weight excluding hydrogens is 519 g/mol. The van der Waals surface area contributed by atoms with Crippen LogP contribution in [0, 0.1) is 11.6 Å². The lowest BCUT2D eigenvalue weighted by molar-refractivity contribution is -0.141. The molecule has 11 heteroatoms. The average molecular weight is 545 g/mol. The van der Waals surface area contributed by atoms with E-state index in [1.165, 1.54) is 25.3 Å². The fourth-order valence-electron chi connectivity index (χ4n) is 4.97. The summed E-state index contributed by atoms with van der Waals surface area (Å²) in [6.07, 6.45) is -5.08. The second kappa shape index (κ2) is 10.5. The highest BCUT2D eigenvalue weighted by Gasteiger charge is 2.39. The van der Waals surface area contributed by atoms with Crippen molar-refractivity contribution >= 4 is 29.0 Å². The monoisotopic (exact) mass is 544 g/mol. The van der Waals surface area contributed by atoms with Gasteiger partial charge >= 0.3 is 12.1 Å². The Hall–Kier alpha value is -4.15. The molecule has 2 aliphatic rings. The van der Waals surface area contributed by atoms with E-state index >= 15 is 0 Å². The van der Waals surface area contributed by atoms with Crippen LogP contribution in [0.2, 0.25) is 0 Å². The van der Waals surface area contributed by atoms with Crippen LogP contribution in [-0.4, -0.2) is 50.1 Å². The van der Waals surface area contributed by atoms with Gasteiger partial charge in [0.1, 0.15) is 11.6 Å². The molecule has 5 rings (SSSR count). The molecule has 204 valence electrons. The standard InChI is InChI=1S/C28H25F5N4O2/c1-39-26(38)17-25-21-4-2-3-5-24(21)34-27(37(25)20-10-11-23(30)22(16-20)28(31,32)33)36-14-12-35(13-15-36)19-8-6-18(29)7-9-19/h2-11,16,25H,12-15,17H2,1H3. The molecule has 0 radical (unpaired) electrons. The summed E-state index contributed by atoms with van der Waals surface area (Å²) in [5, 5.41) is 0. The van der Waals surface area contributed by atoms with E-state index in [1.54, 1.807) is 41.3 Å². The zero-order valence-electron chi connectivity index (χ0n) is 21.0. The van der Waals surface area contributed by atoms with Gasteiger partial charge in [-0.15, -0.1) is 0 Å². The maximum Gasteiger partial charge on any atom is 0.419 e. The minimum absolute atomic E-state index is 0.0480. The lowest BCUT2D eigenvalue weighted by Crippen LogP contribution is -2.55. The van der Waals surface area contributed by atoms with Gasteiger partial charge in [0, 0.05) is 43.1 Å². The van der Waals surface area contributed by atoms with Crippen molar-refractivity contribution in [3.8, 4) is 0 Å². The Labute approximate surface area is 221 Å². The molecule has 1 unspecified atom stereocenters. The van der Waals surface area contributed by atoms with E-state index in [-0.39, 0.29) is 17.9 Å². The van der Waals surface area contributed by atoms with Gasteiger partial charge in [-0.25, -0.2) is 13.8 Å². The summed E-state index contributed by atoms with van der Waals surface area (Å²) in [6, 6.07) is 15.3. The van der Waals surface area contributed by atoms with Crippen LogP contribution in [0.25, 0.3) is 0 Å². The number of rotatable bonds is 4. The highest BCUT2D eigenvalue weighted by molar-refractivity contribution is 6.01. The maximum atomic E-state index is 14.2. The number of para-hydroxylation sites is 1. The number of esters is 1. The number of hydrogen-bond acceptors (Lipinski definition) is 6. The molecule has 0 spiro atoms. The van der Waals surface area contributed by atoms with E-state index in [4.69, 9.17) is 9.73 Å². The summed E-state index contributed by atoms with van der Waals surface area (Å²) in [5.74, 6) is -1.93. The van der Waals surface area contributed by atoms with E-state index in [0.717, 1.165) is 17.8 Å². The van der Waals surface area contributed by atoms with Crippen molar-refractivity contribution in [2.75, 3.05) is 43.1 Å². The minimum Gasteiger partial charge on any atom is -0.469 e. The third-order valence-electron chi connectivity index (χ3n) is 6.92. The average Bonchev–Trinajstić information content (AvgIpc) is 2.93. The van der Waals surface area contributed by atoms with Gasteiger partial charge in [0.15, 0.2) is 0 Å². The first-order chi connectivity index (χ1) is 18.7. The number of aliphatic imine (C=N–C) groups is 1. The van der Waals surface area contributed by atoms with Crippen LogP contribution < -0.4 is 9.80 Å². The number of fused-ring (bicyclic) bond motifs is 1. The third-order valence-corrected chi connectivity index (χ3v) is 6.92. The number of alkyl halides is 3. The predicted molar refractivity (Wildman–Crippen MR) is 137 cm³/mol. The summed E-state index contributed by atoms with van der Waals surface area (Å²) in [7, 11) is 1.24. The number of carbonyl (C=O) groups is 1. The number of guanidine groups is 1. The van der Waals surface area contributed by atoms with Gasteiger partial charge in [0.2, 0.25) is 5.96 Å². The Morgan fingerprint density at radius 3 is 2.23 bits per heavy atom. The second-order valence-corrected chi connectivity index (χ2v) is 9.25. The Morgan fingerprint density at radius 2 is 1.56 bits per heavy atom. The molecule has 0 aromatic heterocycles. The fourth-order valence-corrected chi connectivity index (χ4v) is 4.97. The van der Waals surface area contributed by atoms with Gasteiger partial charge in [-0.05, 0) is 48.5 Å². The molecule has 6 nitrogen and oxygen atoms in total. The van der Waals surface area contributed by atoms with Crippen molar-refractivity contribution in [3.05, 3.63) is 89.5 Å². The molecule has 2 heterocycles. The van der Waals surface area contributed by atoms with Crippen molar-refractivity contribution in [3.63, 3.8) is 0 Å². The number of benzene rings is 3. The quantitative estimate of drug-likeness (QED) is 0.302. The van der Waals surface area contributed by atoms with E-state index in [1.807, 2.05) is 4.90 Å². The number of anilines is 2. The SMILES string of the molecule is COC(=O)CC1c2ccccc2N=C(N2CCN(c3ccc(F)cc3)CC2)N1c1ccc(F)c(C(F)(F)F)c1. The second-order valence-electron chi connectivity index (χ2n) is 9.25. The molecule has 0 N–H and O–H groups in total. The molecule has 39 heavy (non-hydrogen) atoms. The molecule has 0 aliphatic carbocycles. The van der Waals surface area contributed by atoms with Crippen LogP contribution >= 0.6 is 0 Å². The fraction of sp³-hybridized carbons (Fsp3) is 0.286. The van der Waals surface area contributed by atoms with E-state index in [0.29, 0.717) is 43.4 Å². The number of halogens is 5. The van der Waals surface area contributed by atoms with Gasteiger partial charge in [-0.1, -0.05) is 18.2 Å². The lowest BCUT2D eigenvalue weighted by atomic mass is 9.97. The molecule has 1 fully saturated rings. The Bertz CT molecular complexity index is 1390. The lowest BCUT2D eigenvalue weighted by Gasteiger charge is -2.45. The van der Waals surface area contributed by atoms with Crippen LogP contribution in [0.15, 0.2) is 71.7 Å². The smallest absolute Gasteiger partial charge is 0.419 e. The Morgan fingerprint density at radius 1 is 0.923 bits per heavy atom. The zero-order chi connectivity index (χ0) is 27.7. The van der Waals surface area contributed by atoms with E-state index in [9.17, 15) is 26.7 Å². The molecule has 0 amide bonds. The van der Waals surface area contributed by atoms with Gasteiger partial charge < -0.3 is 19.4 Å². The molecule has 3 aromatic rings. The first kappa shape index (κ1) is 26.5. The van der Waals surface area contributed by atoms with Gasteiger partial charge in [-0.3, -0.25) is 4.79 Å². The summed E-state index contributed by atoms with van der Waals surface area (Å²) >= 11 is 0. The van der Waals surface area contributed by atoms with Crippen LogP contribution in [0.3, 0.4) is 0 Å². The normalized spacial score (nSPS) is 17.5. The molecule has 0 bridgehead atoms. The molecule has 2 aliphatic heterocycles. The van der Waals surface area contributed by atoms with Crippen LogP contribution in [0.1, 0.15) is 23.6 Å². The third kappa shape index (κ3) is 5.39. The van der Waals surface area contributed by atoms with Gasteiger partial charge in [-0.2, -0.15) is 13.2 Å². The van der Waals surface area contributed by atoms with Crippen molar-refractivity contribution in [2.24, 2.45) is 4.99 Å². The first-order valence-electron chi connectivity index (χ1n) is 12.3. The van der Waals surface area contributed by atoms with Gasteiger partial charge in [0.05, 0.1) is 30.8 Å². The Kier molecular flexibility index (Phi) is 7.16. The van der Waals surface area contributed by atoms with Crippen molar-refractivity contribution in [1.29, 1.82) is 0 Å². The van der Waals surface area contributed by atoms with Gasteiger partial charge in [0.25, 0.3) is 0 Å². The number of carbonyl (C=O) groups excluding carboxylic acids is 1. The number of nitrogens with zero attached hydrogens (tertiary/aromatic N) is 4. The number of ether oxygens (including phenoxy) is 1. The van der Waals surface area contributed by atoms with Crippen molar-refractivity contribution in [1.82, 2.24) is 4.90 Å². The molecule has 0 saturated carbocycles. The first-order valence-corrected chi connectivity index (χ1v) is 12.3. The largest absolute Gasteiger partial charge is 0.469 e. The summed E-state index contributed by atoms with van der Waals surface area (Å²) < 4.78 is 73.6. The maximum absolute atomic E-state index is 14.2. The molecule has 3 aromatic carbocycles. The Balaban J connectivity index is 1.56. The van der Waals surface area contributed by atoms with Crippen molar-refractivity contribution < 1.29 is 31.5 Å². The van der Waals surface area contributed by atoms with E-state index in [2.05, 4.69) is 4.90 Å². The predicted octanol–water partition coefficient (Wildman–Crippen LogP) is 5.92. The van der Waals surface area contributed by atoms with Crippen molar-refractivity contribution in [2.45, 2.75) is 18.6 Å². The number of hydrogen-bond donors (Lipinski definition) is 0. The highest BCUT2D eigenvalue weighted by Crippen LogP contribution is 2.42. The highest BCUT2D eigenvalue weighted by atomic mass is 19.4. The summed E-state index contributed by atoms with van der Waals surface area (Å²) in [6.45, 7) is 1.98. The zero-order valence-corrected chi connectivity index (χ0v) is 21.0. The van der Waals surface area contributed by atoms with Crippen LogP contribution in [-0.2, 0) is 15.7 Å².